The maximum Gasteiger partial charge on any atom is 0.410 e. The third-order valence-corrected chi connectivity index (χ3v) is 4.85. The van der Waals surface area contributed by atoms with Crippen molar-refractivity contribution in [1.29, 1.82) is 0 Å². The van der Waals surface area contributed by atoms with Crippen LogP contribution in [0, 0.1) is 0 Å². The molecule has 1 saturated heterocycles. The third kappa shape index (κ3) is 5.53. The zero-order chi connectivity index (χ0) is 16.2. The topological polar surface area (TPSA) is 50.8 Å². The molecule has 1 atom stereocenters. The maximum absolute atomic E-state index is 12.3. The lowest BCUT2D eigenvalue weighted by Crippen LogP contribution is -2.53. The lowest BCUT2D eigenvalue weighted by molar-refractivity contribution is -0.0317. The molecule has 1 N–H and O–H groups in total. The zero-order valence-electron chi connectivity index (χ0n) is 13.2. The van der Waals surface area contributed by atoms with Crippen molar-refractivity contribution in [3.8, 4) is 0 Å². The van der Waals surface area contributed by atoms with E-state index >= 15 is 0 Å². The molecule has 2 heterocycles. The summed E-state index contributed by atoms with van der Waals surface area (Å²) < 4.78 is 12.1. The largest absolute Gasteiger partial charge is 0.444 e. The standard InChI is InChI=1S/C15H23BrN2O3S/c1-15(2,3)21-14(19)18-4-5-20-9-12(18)7-17-8-13-6-11(16)10-22-13/h6,10,12,17H,4-5,7-9H2,1-3H3. The summed E-state index contributed by atoms with van der Waals surface area (Å²) in [5.74, 6) is 0. The van der Waals surface area contributed by atoms with Gasteiger partial charge in [-0.2, -0.15) is 0 Å². The summed E-state index contributed by atoms with van der Waals surface area (Å²) in [5, 5.41) is 5.46. The fourth-order valence-electron chi connectivity index (χ4n) is 2.19. The molecule has 1 aliphatic heterocycles. The monoisotopic (exact) mass is 390 g/mol. The van der Waals surface area contributed by atoms with Crippen LogP contribution in [-0.2, 0) is 16.0 Å². The van der Waals surface area contributed by atoms with Crippen molar-refractivity contribution in [2.75, 3.05) is 26.3 Å². The lowest BCUT2D eigenvalue weighted by atomic mass is 10.2. The van der Waals surface area contributed by atoms with Crippen molar-refractivity contribution in [1.82, 2.24) is 10.2 Å². The Morgan fingerprint density at radius 1 is 1.59 bits per heavy atom. The van der Waals surface area contributed by atoms with Crippen molar-refractivity contribution in [2.45, 2.75) is 39.0 Å². The van der Waals surface area contributed by atoms with Crippen LogP contribution in [0.5, 0.6) is 0 Å². The van der Waals surface area contributed by atoms with E-state index in [1.165, 1.54) is 4.88 Å². The van der Waals surface area contributed by atoms with E-state index < -0.39 is 5.60 Å². The maximum atomic E-state index is 12.3. The first-order valence-corrected chi connectivity index (χ1v) is 9.03. The van der Waals surface area contributed by atoms with E-state index in [4.69, 9.17) is 9.47 Å². The van der Waals surface area contributed by atoms with Gasteiger partial charge in [-0.05, 0) is 42.8 Å². The number of nitrogens with one attached hydrogen (secondary N) is 1. The van der Waals surface area contributed by atoms with Gasteiger partial charge in [0.25, 0.3) is 0 Å². The fourth-order valence-corrected chi connectivity index (χ4v) is 3.61. The van der Waals surface area contributed by atoms with Gasteiger partial charge in [-0.25, -0.2) is 4.79 Å². The first-order valence-electron chi connectivity index (χ1n) is 7.36. The van der Waals surface area contributed by atoms with Gasteiger partial charge in [0.2, 0.25) is 0 Å². The van der Waals surface area contributed by atoms with Crippen molar-refractivity contribution >= 4 is 33.4 Å². The number of hydrogen-bond acceptors (Lipinski definition) is 5. The average Bonchev–Trinajstić information content (AvgIpc) is 2.83. The van der Waals surface area contributed by atoms with Gasteiger partial charge in [-0.1, -0.05) is 0 Å². The molecule has 1 aliphatic rings. The molecule has 1 fully saturated rings. The van der Waals surface area contributed by atoms with Crippen LogP contribution in [0.3, 0.4) is 0 Å². The second-order valence-corrected chi connectivity index (χ2v) is 8.18. The molecule has 2 rings (SSSR count). The van der Waals surface area contributed by atoms with Gasteiger partial charge < -0.3 is 14.8 Å². The van der Waals surface area contributed by atoms with Crippen LogP contribution < -0.4 is 5.32 Å². The van der Waals surface area contributed by atoms with Crippen molar-refractivity contribution in [2.24, 2.45) is 0 Å². The molecule has 1 amide bonds. The molecule has 124 valence electrons. The quantitative estimate of drug-likeness (QED) is 0.856. The minimum Gasteiger partial charge on any atom is -0.444 e. The van der Waals surface area contributed by atoms with Crippen LogP contribution in [0.2, 0.25) is 0 Å². The number of nitrogens with zero attached hydrogens (tertiary/aromatic N) is 1. The SMILES string of the molecule is CC(C)(C)OC(=O)N1CCOCC1CNCc1cc(Br)cs1. The van der Waals surface area contributed by atoms with E-state index in [1.54, 1.807) is 16.2 Å². The van der Waals surface area contributed by atoms with E-state index in [1.807, 2.05) is 20.8 Å². The van der Waals surface area contributed by atoms with Gasteiger partial charge in [-0.3, -0.25) is 4.90 Å². The van der Waals surface area contributed by atoms with Gasteiger partial charge in [0, 0.05) is 34.4 Å². The molecule has 22 heavy (non-hydrogen) atoms. The van der Waals surface area contributed by atoms with E-state index in [2.05, 4.69) is 32.7 Å². The Labute approximate surface area is 144 Å². The molecule has 0 spiro atoms. The lowest BCUT2D eigenvalue weighted by Gasteiger charge is -2.36. The minimum atomic E-state index is -0.476. The molecule has 1 unspecified atom stereocenters. The normalized spacial score (nSPS) is 19.3. The minimum absolute atomic E-state index is 0.00648. The number of halogens is 1. The van der Waals surface area contributed by atoms with Crippen LogP contribution in [0.4, 0.5) is 4.79 Å². The Balaban J connectivity index is 1.85. The molecule has 0 radical (unpaired) electrons. The number of amides is 1. The molecule has 1 aromatic rings. The Bertz CT molecular complexity index is 501. The Hall–Kier alpha value is -0.630. The molecule has 0 aliphatic carbocycles. The van der Waals surface area contributed by atoms with E-state index in [0.29, 0.717) is 26.3 Å². The highest BCUT2D eigenvalue weighted by Gasteiger charge is 2.30. The second-order valence-electron chi connectivity index (χ2n) is 6.26. The van der Waals surface area contributed by atoms with E-state index in [-0.39, 0.29) is 12.1 Å². The molecule has 0 saturated carbocycles. The number of rotatable bonds is 4. The number of thiophene rings is 1. The van der Waals surface area contributed by atoms with Crippen LogP contribution >= 0.6 is 27.3 Å². The highest BCUT2D eigenvalue weighted by molar-refractivity contribution is 9.10. The van der Waals surface area contributed by atoms with Gasteiger partial charge in [0.05, 0.1) is 19.3 Å². The van der Waals surface area contributed by atoms with Gasteiger partial charge in [0.1, 0.15) is 5.60 Å². The van der Waals surface area contributed by atoms with Gasteiger partial charge in [0.15, 0.2) is 0 Å². The molecule has 0 aromatic carbocycles. The number of carbonyl (C=O) groups is 1. The fraction of sp³-hybridized carbons (Fsp3) is 0.667. The summed E-state index contributed by atoms with van der Waals surface area (Å²) in [4.78, 5) is 15.3. The molecular formula is C15H23BrN2O3S. The summed E-state index contributed by atoms with van der Waals surface area (Å²) in [5.41, 5.74) is -0.476. The number of hydrogen-bond donors (Lipinski definition) is 1. The second kappa shape index (κ2) is 7.77. The van der Waals surface area contributed by atoms with Crippen molar-refractivity contribution in [3.05, 3.63) is 20.8 Å². The first kappa shape index (κ1) is 17.7. The van der Waals surface area contributed by atoms with Gasteiger partial charge >= 0.3 is 6.09 Å². The summed E-state index contributed by atoms with van der Waals surface area (Å²) in [6.45, 7) is 8.80. The predicted molar refractivity (Wildman–Crippen MR) is 91.3 cm³/mol. The molecular weight excluding hydrogens is 368 g/mol. The Kier molecular flexibility index (Phi) is 6.26. The predicted octanol–water partition coefficient (Wildman–Crippen LogP) is 3.24. The van der Waals surface area contributed by atoms with E-state index in [9.17, 15) is 4.79 Å². The highest BCUT2D eigenvalue weighted by Crippen LogP contribution is 2.19. The van der Waals surface area contributed by atoms with Gasteiger partial charge in [-0.15, -0.1) is 11.3 Å². The van der Waals surface area contributed by atoms with E-state index in [0.717, 1.165) is 11.0 Å². The molecule has 5 nitrogen and oxygen atoms in total. The van der Waals surface area contributed by atoms with Crippen LogP contribution in [0.25, 0.3) is 0 Å². The molecule has 1 aromatic heterocycles. The zero-order valence-corrected chi connectivity index (χ0v) is 15.6. The van der Waals surface area contributed by atoms with Crippen LogP contribution in [0.1, 0.15) is 25.6 Å². The molecule has 0 bridgehead atoms. The summed E-state index contributed by atoms with van der Waals surface area (Å²) in [6, 6.07) is 2.10. The third-order valence-electron chi connectivity index (χ3n) is 3.16. The van der Waals surface area contributed by atoms with Crippen molar-refractivity contribution < 1.29 is 14.3 Å². The average molecular weight is 391 g/mol. The van der Waals surface area contributed by atoms with Crippen molar-refractivity contribution in [3.63, 3.8) is 0 Å². The summed E-state index contributed by atoms with van der Waals surface area (Å²) >= 11 is 5.16. The summed E-state index contributed by atoms with van der Waals surface area (Å²) in [7, 11) is 0. The first-order chi connectivity index (χ1) is 10.3. The Morgan fingerprint density at radius 3 is 3.00 bits per heavy atom. The van der Waals surface area contributed by atoms with Crippen LogP contribution in [0.15, 0.2) is 15.9 Å². The highest BCUT2D eigenvalue weighted by atomic mass is 79.9. The smallest absolute Gasteiger partial charge is 0.410 e. The number of carbonyl (C=O) groups excluding carboxylic acids is 1. The molecule has 7 heteroatoms. The van der Waals surface area contributed by atoms with Crippen LogP contribution in [-0.4, -0.2) is 48.9 Å². The Morgan fingerprint density at radius 2 is 2.36 bits per heavy atom. The number of morpholine rings is 1. The number of ether oxygens (including phenoxy) is 2. The summed E-state index contributed by atoms with van der Waals surface area (Å²) in [6.07, 6.45) is -0.263.